The maximum absolute atomic E-state index is 3.79. The van der Waals surface area contributed by atoms with Crippen LogP contribution in [0, 0.1) is 0 Å². The van der Waals surface area contributed by atoms with Crippen molar-refractivity contribution in [3.05, 3.63) is 71.4 Å². The third-order valence-corrected chi connectivity index (χ3v) is 3.69. The van der Waals surface area contributed by atoms with E-state index in [1.165, 1.54) is 60.8 Å². The van der Waals surface area contributed by atoms with E-state index < -0.39 is 0 Å². The molecule has 0 radical (unpaired) electrons. The Morgan fingerprint density at radius 2 is 1.63 bits per heavy atom. The lowest BCUT2D eigenvalue weighted by atomic mass is 9.90. The molecule has 0 N–H and O–H groups in total. The lowest BCUT2D eigenvalue weighted by molar-refractivity contribution is 0.780. The van der Waals surface area contributed by atoms with Gasteiger partial charge in [0.05, 0.1) is 0 Å². The minimum absolute atomic E-state index is 1.19. The lowest BCUT2D eigenvalue weighted by Crippen LogP contribution is -1.97. The summed E-state index contributed by atoms with van der Waals surface area (Å²) in [4.78, 5) is 0. The van der Waals surface area contributed by atoms with E-state index in [4.69, 9.17) is 0 Å². The standard InChI is InChI=1S/C19H24/c1-3-7-16-9-5-11-18(13-16)15-19-12-6-10-17(14-19)8-4-2/h3-4,7-8,13-15H,1,5-6,9-12H2,2H3. The molecule has 0 spiro atoms. The number of rotatable bonds is 3. The highest BCUT2D eigenvalue weighted by Crippen LogP contribution is 2.28. The van der Waals surface area contributed by atoms with Crippen molar-refractivity contribution in [2.75, 3.05) is 0 Å². The Kier molecular flexibility index (Phi) is 5.20. The van der Waals surface area contributed by atoms with Gasteiger partial charge >= 0.3 is 0 Å². The van der Waals surface area contributed by atoms with Gasteiger partial charge in [-0.3, -0.25) is 0 Å². The normalized spacial score (nSPS) is 24.7. The van der Waals surface area contributed by atoms with Crippen LogP contribution in [0.15, 0.2) is 71.4 Å². The summed E-state index contributed by atoms with van der Waals surface area (Å²) in [6, 6.07) is 0. The first kappa shape index (κ1) is 13.9. The predicted octanol–water partition coefficient (Wildman–Crippen LogP) is 5.82. The van der Waals surface area contributed by atoms with Gasteiger partial charge in [-0.2, -0.15) is 0 Å². The van der Waals surface area contributed by atoms with Gasteiger partial charge < -0.3 is 0 Å². The number of hydrogen-bond donors (Lipinski definition) is 0. The first-order valence-corrected chi connectivity index (χ1v) is 7.38. The maximum atomic E-state index is 3.79. The van der Waals surface area contributed by atoms with Crippen LogP contribution >= 0.6 is 0 Å². The van der Waals surface area contributed by atoms with Crippen molar-refractivity contribution >= 4 is 0 Å². The van der Waals surface area contributed by atoms with E-state index in [2.05, 4.69) is 50.0 Å². The molecule has 0 atom stereocenters. The molecule has 19 heavy (non-hydrogen) atoms. The van der Waals surface area contributed by atoms with Crippen molar-refractivity contribution in [1.82, 2.24) is 0 Å². The summed E-state index contributed by atoms with van der Waals surface area (Å²) in [5.74, 6) is 0. The molecule has 0 nitrogen and oxygen atoms in total. The fourth-order valence-electron chi connectivity index (χ4n) is 2.85. The van der Waals surface area contributed by atoms with Gasteiger partial charge in [0.1, 0.15) is 0 Å². The highest BCUT2D eigenvalue weighted by molar-refractivity contribution is 5.41. The summed E-state index contributed by atoms with van der Waals surface area (Å²) >= 11 is 0. The summed E-state index contributed by atoms with van der Waals surface area (Å²) in [7, 11) is 0. The molecule has 0 saturated heterocycles. The second kappa shape index (κ2) is 7.13. The molecule has 0 amide bonds. The van der Waals surface area contributed by atoms with Gasteiger partial charge in [0.25, 0.3) is 0 Å². The zero-order chi connectivity index (χ0) is 13.5. The van der Waals surface area contributed by atoms with Crippen molar-refractivity contribution in [1.29, 1.82) is 0 Å². The summed E-state index contributed by atoms with van der Waals surface area (Å²) in [5, 5.41) is 0. The molecule has 0 saturated carbocycles. The van der Waals surface area contributed by atoms with E-state index in [1.807, 2.05) is 6.08 Å². The Balaban J connectivity index is 2.18. The SMILES string of the molecule is C=CC=C1C=C(C=C2C=C(C=CC)CCC2)CCC1. The molecule has 0 bridgehead atoms. The first-order chi connectivity index (χ1) is 9.31. The molecule has 2 rings (SSSR count). The first-order valence-electron chi connectivity index (χ1n) is 7.38. The van der Waals surface area contributed by atoms with Crippen molar-refractivity contribution in [3.8, 4) is 0 Å². The summed E-state index contributed by atoms with van der Waals surface area (Å²) < 4.78 is 0. The largest absolute Gasteiger partial charge is 0.0991 e. The Bertz CT molecular complexity index is 478. The highest BCUT2D eigenvalue weighted by atomic mass is 14.1. The Hall–Kier alpha value is -1.56. The van der Waals surface area contributed by atoms with Crippen LogP contribution in [0.5, 0.6) is 0 Å². The van der Waals surface area contributed by atoms with Crippen LogP contribution in [-0.4, -0.2) is 0 Å². The van der Waals surface area contributed by atoms with E-state index in [0.29, 0.717) is 0 Å². The van der Waals surface area contributed by atoms with E-state index in [0.717, 1.165) is 0 Å². The molecular weight excluding hydrogens is 228 g/mol. The smallest absolute Gasteiger partial charge is 0.0276 e. The summed E-state index contributed by atoms with van der Waals surface area (Å²) in [5.41, 5.74) is 5.86. The molecule has 0 fully saturated rings. The van der Waals surface area contributed by atoms with Crippen LogP contribution < -0.4 is 0 Å². The predicted molar refractivity (Wildman–Crippen MR) is 85.0 cm³/mol. The fraction of sp³-hybridized carbons (Fsp3) is 0.368. The molecule has 0 aromatic rings. The minimum atomic E-state index is 1.19. The fourth-order valence-corrected chi connectivity index (χ4v) is 2.85. The lowest BCUT2D eigenvalue weighted by Gasteiger charge is -2.16. The molecule has 0 heteroatoms. The van der Waals surface area contributed by atoms with Crippen LogP contribution in [0.2, 0.25) is 0 Å². The van der Waals surface area contributed by atoms with Crippen LogP contribution in [0.25, 0.3) is 0 Å². The molecule has 2 aliphatic rings. The van der Waals surface area contributed by atoms with Crippen LogP contribution in [0.4, 0.5) is 0 Å². The minimum Gasteiger partial charge on any atom is -0.0991 e. The van der Waals surface area contributed by atoms with Crippen molar-refractivity contribution in [2.45, 2.75) is 45.4 Å². The third-order valence-electron chi connectivity index (χ3n) is 3.69. The van der Waals surface area contributed by atoms with Gasteiger partial charge in [-0.15, -0.1) is 0 Å². The van der Waals surface area contributed by atoms with Gasteiger partial charge in [-0.1, -0.05) is 49.1 Å². The van der Waals surface area contributed by atoms with Gasteiger partial charge in [0.15, 0.2) is 0 Å². The molecule has 0 aliphatic heterocycles. The quantitative estimate of drug-likeness (QED) is 0.593. The number of allylic oxidation sites excluding steroid dienone is 11. The van der Waals surface area contributed by atoms with Crippen molar-refractivity contribution in [3.63, 3.8) is 0 Å². The monoisotopic (exact) mass is 252 g/mol. The molecule has 0 unspecified atom stereocenters. The van der Waals surface area contributed by atoms with E-state index in [1.54, 1.807) is 0 Å². The highest BCUT2D eigenvalue weighted by Gasteiger charge is 2.09. The Morgan fingerprint density at radius 3 is 2.37 bits per heavy atom. The molecular formula is C19H24. The summed E-state index contributed by atoms with van der Waals surface area (Å²) in [6.07, 6.45) is 22.9. The topological polar surface area (TPSA) is 0 Å². The maximum Gasteiger partial charge on any atom is -0.0276 e. The molecule has 0 heterocycles. The van der Waals surface area contributed by atoms with E-state index in [9.17, 15) is 0 Å². The Labute approximate surface area is 117 Å². The molecule has 100 valence electrons. The third kappa shape index (κ3) is 4.24. The molecule has 0 aromatic carbocycles. The molecule has 0 aromatic heterocycles. The second-order valence-electron chi connectivity index (χ2n) is 5.34. The average Bonchev–Trinajstić information content (AvgIpc) is 2.40. The van der Waals surface area contributed by atoms with E-state index in [-0.39, 0.29) is 0 Å². The zero-order valence-corrected chi connectivity index (χ0v) is 12.0. The van der Waals surface area contributed by atoms with E-state index >= 15 is 0 Å². The summed E-state index contributed by atoms with van der Waals surface area (Å²) in [6.45, 7) is 5.88. The van der Waals surface area contributed by atoms with Crippen LogP contribution in [0.1, 0.15) is 45.4 Å². The van der Waals surface area contributed by atoms with Crippen molar-refractivity contribution < 1.29 is 0 Å². The van der Waals surface area contributed by atoms with Gasteiger partial charge in [-0.05, 0) is 67.7 Å². The second-order valence-corrected chi connectivity index (χ2v) is 5.34. The van der Waals surface area contributed by atoms with Crippen LogP contribution in [-0.2, 0) is 0 Å². The average molecular weight is 252 g/mol. The number of hydrogen-bond acceptors (Lipinski definition) is 0. The van der Waals surface area contributed by atoms with Gasteiger partial charge in [0.2, 0.25) is 0 Å². The van der Waals surface area contributed by atoms with Crippen molar-refractivity contribution in [2.24, 2.45) is 0 Å². The Morgan fingerprint density at radius 1 is 0.947 bits per heavy atom. The van der Waals surface area contributed by atoms with Crippen LogP contribution in [0.3, 0.4) is 0 Å². The zero-order valence-electron chi connectivity index (χ0n) is 12.0. The van der Waals surface area contributed by atoms with Gasteiger partial charge in [0, 0.05) is 0 Å². The van der Waals surface area contributed by atoms with Gasteiger partial charge in [-0.25, -0.2) is 0 Å². The molecule has 2 aliphatic carbocycles.